The van der Waals surface area contributed by atoms with Crippen LogP contribution in [0.1, 0.15) is 31.2 Å². The van der Waals surface area contributed by atoms with Crippen LogP contribution in [0.5, 0.6) is 0 Å². The lowest BCUT2D eigenvalue weighted by molar-refractivity contribution is 0.275. The van der Waals surface area contributed by atoms with Crippen LogP contribution in [0.4, 0.5) is 0 Å². The van der Waals surface area contributed by atoms with Crippen LogP contribution in [0.15, 0.2) is 23.1 Å². The Hall–Kier alpha value is -0.620. The van der Waals surface area contributed by atoms with E-state index in [0.29, 0.717) is 24.4 Å². The zero-order valence-corrected chi connectivity index (χ0v) is 13.1. The van der Waals surface area contributed by atoms with Crippen LogP contribution in [-0.4, -0.2) is 37.0 Å². The molecule has 0 bridgehead atoms. The van der Waals surface area contributed by atoms with E-state index in [2.05, 4.69) is 0 Å². The van der Waals surface area contributed by atoms with Gasteiger partial charge in [-0.2, -0.15) is 4.31 Å². The quantitative estimate of drug-likeness (QED) is 0.786. The van der Waals surface area contributed by atoms with Crippen molar-refractivity contribution in [3.63, 3.8) is 0 Å². The summed E-state index contributed by atoms with van der Waals surface area (Å²) in [6.07, 6.45) is 3.12. The second kappa shape index (κ2) is 6.43. The molecule has 0 heterocycles. The van der Waals surface area contributed by atoms with E-state index in [4.69, 9.17) is 16.7 Å². The first-order valence-electron chi connectivity index (χ1n) is 6.85. The highest BCUT2D eigenvalue weighted by Crippen LogP contribution is 2.33. The lowest BCUT2D eigenvalue weighted by atomic mass is 10.2. The Morgan fingerprint density at radius 2 is 2.05 bits per heavy atom. The molecule has 1 aromatic carbocycles. The zero-order valence-electron chi connectivity index (χ0n) is 11.5. The van der Waals surface area contributed by atoms with Crippen molar-refractivity contribution >= 4 is 21.6 Å². The largest absolute Gasteiger partial charge is 0.396 e. The van der Waals surface area contributed by atoms with Crippen molar-refractivity contribution in [3.05, 3.63) is 28.8 Å². The lowest BCUT2D eigenvalue weighted by Gasteiger charge is -2.22. The molecule has 0 aromatic heterocycles. The topological polar surface area (TPSA) is 57.6 Å². The second-order valence-electron chi connectivity index (χ2n) is 5.19. The monoisotopic (exact) mass is 317 g/mol. The van der Waals surface area contributed by atoms with E-state index in [1.807, 2.05) is 6.92 Å². The summed E-state index contributed by atoms with van der Waals surface area (Å²) in [5.41, 5.74) is 0.865. The minimum atomic E-state index is -3.49. The Morgan fingerprint density at radius 3 is 2.60 bits per heavy atom. The van der Waals surface area contributed by atoms with Crippen LogP contribution in [0.25, 0.3) is 0 Å². The summed E-state index contributed by atoms with van der Waals surface area (Å²) >= 11 is 6.03. The highest BCUT2D eigenvalue weighted by molar-refractivity contribution is 7.89. The van der Waals surface area contributed by atoms with Gasteiger partial charge in [-0.05, 0) is 50.3 Å². The van der Waals surface area contributed by atoms with E-state index < -0.39 is 10.0 Å². The molecule has 112 valence electrons. The van der Waals surface area contributed by atoms with Gasteiger partial charge >= 0.3 is 0 Å². The maximum atomic E-state index is 12.7. The SMILES string of the molecule is Cc1ccc(S(=O)(=O)N(CCCCO)C2CC2)cc1Cl. The van der Waals surface area contributed by atoms with E-state index in [9.17, 15) is 8.42 Å². The van der Waals surface area contributed by atoms with E-state index in [0.717, 1.165) is 18.4 Å². The highest BCUT2D eigenvalue weighted by atomic mass is 35.5. The van der Waals surface area contributed by atoms with E-state index in [1.165, 1.54) is 6.07 Å². The maximum Gasteiger partial charge on any atom is 0.243 e. The molecule has 1 aromatic rings. The number of sulfonamides is 1. The van der Waals surface area contributed by atoms with Gasteiger partial charge in [-0.15, -0.1) is 0 Å². The molecule has 0 radical (unpaired) electrons. The Balaban J connectivity index is 2.23. The molecule has 0 saturated heterocycles. The minimum Gasteiger partial charge on any atom is -0.396 e. The zero-order chi connectivity index (χ0) is 14.8. The molecule has 0 aliphatic heterocycles. The normalized spacial score (nSPS) is 15.8. The Kier molecular flexibility index (Phi) is 5.07. The average Bonchev–Trinajstić information content (AvgIpc) is 3.22. The molecule has 1 aliphatic rings. The number of rotatable bonds is 7. The summed E-state index contributed by atoms with van der Waals surface area (Å²) in [6.45, 7) is 2.40. The molecule has 0 amide bonds. The predicted octanol–water partition coefficient (Wildman–Crippen LogP) is 2.57. The van der Waals surface area contributed by atoms with E-state index in [1.54, 1.807) is 16.4 Å². The highest BCUT2D eigenvalue weighted by Gasteiger charge is 2.37. The second-order valence-corrected chi connectivity index (χ2v) is 7.49. The minimum absolute atomic E-state index is 0.0922. The molecular weight excluding hydrogens is 298 g/mol. The fourth-order valence-electron chi connectivity index (χ4n) is 2.11. The number of aryl methyl sites for hydroxylation is 1. The molecule has 1 fully saturated rings. The average molecular weight is 318 g/mol. The number of hydrogen-bond donors (Lipinski definition) is 1. The number of aliphatic hydroxyl groups excluding tert-OH is 1. The van der Waals surface area contributed by atoms with E-state index >= 15 is 0 Å². The number of hydrogen-bond acceptors (Lipinski definition) is 3. The Morgan fingerprint density at radius 1 is 1.35 bits per heavy atom. The molecule has 4 nitrogen and oxygen atoms in total. The van der Waals surface area contributed by atoms with Crippen molar-refractivity contribution in [2.24, 2.45) is 0 Å². The van der Waals surface area contributed by atoms with Crippen LogP contribution in [0, 0.1) is 6.92 Å². The van der Waals surface area contributed by atoms with Gasteiger partial charge in [0.25, 0.3) is 0 Å². The maximum absolute atomic E-state index is 12.7. The predicted molar refractivity (Wildman–Crippen MR) is 79.4 cm³/mol. The van der Waals surface area contributed by atoms with Crippen molar-refractivity contribution in [3.8, 4) is 0 Å². The number of halogens is 1. The molecule has 20 heavy (non-hydrogen) atoms. The third-order valence-electron chi connectivity index (χ3n) is 3.49. The van der Waals surface area contributed by atoms with Crippen molar-refractivity contribution in [1.29, 1.82) is 0 Å². The fraction of sp³-hybridized carbons (Fsp3) is 0.571. The lowest BCUT2D eigenvalue weighted by Crippen LogP contribution is -2.34. The Bertz CT molecular complexity index is 570. The van der Waals surface area contributed by atoms with Crippen molar-refractivity contribution in [2.75, 3.05) is 13.2 Å². The fourth-order valence-corrected chi connectivity index (χ4v) is 4.11. The summed E-state index contributed by atoms with van der Waals surface area (Å²) in [5, 5.41) is 9.30. The van der Waals surface area contributed by atoms with Gasteiger partial charge in [-0.3, -0.25) is 0 Å². The van der Waals surface area contributed by atoms with E-state index in [-0.39, 0.29) is 17.5 Å². The van der Waals surface area contributed by atoms with Crippen LogP contribution in [0.2, 0.25) is 5.02 Å². The van der Waals surface area contributed by atoms with Gasteiger partial charge < -0.3 is 5.11 Å². The van der Waals surface area contributed by atoms with Gasteiger partial charge in [0.05, 0.1) is 4.90 Å². The molecular formula is C14H20ClNO3S. The summed E-state index contributed by atoms with van der Waals surface area (Å²) < 4.78 is 26.9. The summed E-state index contributed by atoms with van der Waals surface area (Å²) in [4.78, 5) is 0.254. The smallest absolute Gasteiger partial charge is 0.243 e. The number of benzene rings is 1. The van der Waals surface area contributed by atoms with Gasteiger partial charge in [0.2, 0.25) is 10.0 Å². The third-order valence-corrected chi connectivity index (χ3v) is 5.85. The van der Waals surface area contributed by atoms with Crippen LogP contribution in [0.3, 0.4) is 0 Å². The first-order chi connectivity index (χ1) is 9.46. The van der Waals surface area contributed by atoms with Gasteiger partial charge in [0.15, 0.2) is 0 Å². The summed E-state index contributed by atoms with van der Waals surface area (Å²) in [5.74, 6) is 0. The summed E-state index contributed by atoms with van der Waals surface area (Å²) in [7, 11) is -3.49. The number of aliphatic hydroxyl groups is 1. The van der Waals surface area contributed by atoms with Gasteiger partial charge in [0.1, 0.15) is 0 Å². The van der Waals surface area contributed by atoms with Crippen molar-refractivity contribution in [2.45, 2.75) is 43.5 Å². The molecule has 1 N–H and O–H groups in total. The molecule has 1 saturated carbocycles. The van der Waals surface area contributed by atoms with Crippen LogP contribution in [-0.2, 0) is 10.0 Å². The van der Waals surface area contributed by atoms with Crippen molar-refractivity contribution in [1.82, 2.24) is 4.31 Å². The van der Waals surface area contributed by atoms with Gasteiger partial charge in [-0.1, -0.05) is 17.7 Å². The third kappa shape index (κ3) is 3.52. The number of nitrogens with zero attached hydrogens (tertiary/aromatic N) is 1. The molecule has 2 rings (SSSR count). The van der Waals surface area contributed by atoms with Crippen LogP contribution < -0.4 is 0 Å². The van der Waals surface area contributed by atoms with Crippen molar-refractivity contribution < 1.29 is 13.5 Å². The van der Waals surface area contributed by atoms with Gasteiger partial charge in [-0.25, -0.2) is 8.42 Å². The summed E-state index contributed by atoms with van der Waals surface area (Å²) in [6, 6.07) is 4.97. The van der Waals surface area contributed by atoms with Gasteiger partial charge in [0, 0.05) is 24.2 Å². The molecule has 1 aliphatic carbocycles. The Labute approximate surface area is 125 Å². The molecule has 0 atom stereocenters. The molecule has 0 unspecified atom stereocenters. The molecule has 6 heteroatoms. The first-order valence-corrected chi connectivity index (χ1v) is 8.67. The standard InChI is InChI=1S/C14H20ClNO3S/c1-11-4-7-13(10-14(11)15)20(18,19)16(12-5-6-12)8-2-3-9-17/h4,7,10,12,17H,2-3,5-6,8-9H2,1H3. The molecule has 0 spiro atoms. The first kappa shape index (κ1) is 15.8. The number of unbranched alkanes of at least 4 members (excludes halogenated alkanes) is 1. The van der Waals surface area contributed by atoms with Crippen LogP contribution >= 0.6 is 11.6 Å².